The van der Waals surface area contributed by atoms with Crippen LogP contribution in [0.2, 0.25) is 0 Å². The lowest BCUT2D eigenvalue weighted by Gasteiger charge is -2.08. The van der Waals surface area contributed by atoms with Crippen molar-refractivity contribution >= 4 is 40.0 Å². The highest BCUT2D eigenvalue weighted by Gasteiger charge is 2.16. The zero-order valence-electron chi connectivity index (χ0n) is 13.6. The van der Waals surface area contributed by atoms with Gasteiger partial charge in [0.1, 0.15) is 5.82 Å². The molecule has 1 fully saturated rings. The monoisotopic (exact) mass is 368 g/mol. The number of aryl methyl sites for hydroxylation is 2. The first kappa shape index (κ1) is 17.2. The van der Waals surface area contributed by atoms with E-state index in [2.05, 4.69) is 25.9 Å². The van der Waals surface area contributed by atoms with Gasteiger partial charge in [-0.3, -0.25) is 9.48 Å². The predicted molar refractivity (Wildman–Crippen MR) is 94.7 cm³/mol. The minimum Gasteiger partial charge on any atom is -0.376 e. The molecule has 0 aliphatic carbocycles. The molecule has 0 spiro atoms. The van der Waals surface area contributed by atoms with Crippen LogP contribution in [0, 0.1) is 6.92 Å². The number of aromatic nitrogens is 4. The number of rotatable bonds is 7. The highest BCUT2D eigenvalue weighted by atomic mass is 32.2. The number of hydrogen-bond donors (Lipinski definition) is 2. The predicted octanol–water partition coefficient (Wildman–Crippen LogP) is 1.90. The van der Waals surface area contributed by atoms with Gasteiger partial charge in [0.2, 0.25) is 11.0 Å². The fourth-order valence-corrected chi connectivity index (χ4v) is 3.94. The maximum Gasteiger partial charge on any atom is 0.235 e. The van der Waals surface area contributed by atoms with E-state index in [1.54, 1.807) is 11.7 Å². The van der Waals surface area contributed by atoms with Crippen LogP contribution in [0.25, 0.3) is 0 Å². The van der Waals surface area contributed by atoms with Crippen molar-refractivity contribution in [3.63, 3.8) is 0 Å². The molecule has 0 unspecified atom stereocenters. The third kappa shape index (κ3) is 4.68. The average molecular weight is 368 g/mol. The van der Waals surface area contributed by atoms with Crippen molar-refractivity contribution in [1.82, 2.24) is 20.0 Å². The van der Waals surface area contributed by atoms with E-state index in [0.717, 1.165) is 41.2 Å². The Labute approximate surface area is 148 Å². The Kier molecular flexibility index (Phi) is 5.69. The van der Waals surface area contributed by atoms with Gasteiger partial charge in [-0.1, -0.05) is 23.1 Å². The third-order valence-electron chi connectivity index (χ3n) is 3.51. The second-order valence-corrected chi connectivity index (χ2v) is 7.72. The van der Waals surface area contributed by atoms with Crippen molar-refractivity contribution < 1.29 is 9.53 Å². The Hall–Kier alpha value is -1.65. The molecule has 1 aliphatic heterocycles. The van der Waals surface area contributed by atoms with Crippen LogP contribution in [-0.4, -0.2) is 50.9 Å². The Morgan fingerprint density at radius 3 is 3.12 bits per heavy atom. The molecular weight excluding hydrogens is 348 g/mol. The summed E-state index contributed by atoms with van der Waals surface area (Å²) in [5.74, 6) is 0.881. The topological polar surface area (TPSA) is 94.0 Å². The van der Waals surface area contributed by atoms with Gasteiger partial charge in [0.25, 0.3) is 0 Å². The van der Waals surface area contributed by atoms with E-state index >= 15 is 0 Å². The smallest absolute Gasteiger partial charge is 0.235 e. The summed E-state index contributed by atoms with van der Waals surface area (Å²) < 4.78 is 7.97. The van der Waals surface area contributed by atoms with Gasteiger partial charge in [-0.2, -0.15) is 5.10 Å². The summed E-state index contributed by atoms with van der Waals surface area (Å²) in [4.78, 5) is 12.0. The SMILES string of the molecule is Cc1cc(NC(=O)CSc2nnc(NC[C@H]3CCCO3)s2)n(C)n1. The Bertz CT molecular complexity index is 695. The molecule has 24 heavy (non-hydrogen) atoms. The van der Waals surface area contributed by atoms with Crippen LogP contribution in [0.5, 0.6) is 0 Å². The van der Waals surface area contributed by atoms with Gasteiger partial charge in [-0.15, -0.1) is 10.2 Å². The van der Waals surface area contributed by atoms with Crippen molar-refractivity contribution in [2.75, 3.05) is 29.5 Å². The lowest BCUT2D eigenvalue weighted by Crippen LogP contribution is -2.18. The van der Waals surface area contributed by atoms with Crippen molar-refractivity contribution in [2.24, 2.45) is 7.05 Å². The molecular formula is C14H20N6O2S2. The van der Waals surface area contributed by atoms with E-state index < -0.39 is 0 Å². The Morgan fingerprint density at radius 1 is 1.54 bits per heavy atom. The summed E-state index contributed by atoms with van der Waals surface area (Å²) in [7, 11) is 1.80. The minimum absolute atomic E-state index is 0.0907. The van der Waals surface area contributed by atoms with Gasteiger partial charge in [0, 0.05) is 26.3 Å². The lowest BCUT2D eigenvalue weighted by atomic mass is 10.2. The van der Waals surface area contributed by atoms with E-state index in [0.29, 0.717) is 5.82 Å². The lowest BCUT2D eigenvalue weighted by molar-refractivity contribution is -0.113. The molecule has 1 amide bonds. The fourth-order valence-electron chi connectivity index (χ4n) is 2.38. The van der Waals surface area contributed by atoms with Gasteiger partial charge in [0.15, 0.2) is 4.34 Å². The molecule has 1 atom stereocenters. The van der Waals surface area contributed by atoms with Crippen molar-refractivity contribution in [3.05, 3.63) is 11.8 Å². The normalized spacial score (nSPS) is 17.2. The molecule has 3 heterocycles. The largest absolute Gasteiger partial charge is 0.376 e. The van der Waals surface area contributed by atoms with E-state index in [4.69, 9.17) is 4.74 Å². The zero-order chi connectivity index (χ0) is 16.9. The number of nitrogens with zero attached hydrogens (tertiary/aromatic N) is 4. The molecule has 10 heteroatoms. The average Bonchev–Trinajstić information content (AvgIpc) is 3.26. The second-order valence-electron chi connectivity index (χ2n) is 5.52. The first-order chi connectivity index (χ1) is 11.6. The number of carbonyl (C=O) groups excluding carboxylic acids is 1. The molecule has 0 radical (unpaired) electrons. The van der Waals surface area contributed by atoms with Gasteiger partial charge >= 0.3 is 0 Å². The van der Waals surface area contributed by atoms with Gasteiger partial charge in [-0.25, -0.2) is 0 Å². The van der Waals surface area contributed by atoms with Crippen LogP contribution < -0.4 is 10.6 Å². The number of nitrogens with one attached hydrogen (secondary N) is 2. The van der Waals surface area contributed by atoms with Gasteiger partial charge in [-0.05, 0) is 19.8 Å². The van der Waals surface area contributed by atoms with E-state index in [1.165, 1.54) is 23.1 Å². The Morgan fingerprint density at radius 2 is 2.42 bits per heavy atom. The van der Waals surface area contributed by atoms with Crippen LogP contribution in [0.15, 0.2) is 10.4 Å². The summed E-state index contributed by atoms with van der Waals surface area (Å²) in [5, 5.41) is 19.2. The van der Waals surface area contributed by atoms with E-state index in [1.807, 2.05) is 13.0 Å². The molecule has 3 rings (SSSR count). The van der Waals surface area contributed by atoms with Gasteiger partial charge in [0.05, 0.1) is 17.6 Å². The van der Waals surface area contributed by atoms with Crippen LogP contribution in [-0.2, 0) is 16.6 Å². The number of carbonyl (C=O) groups is 1. The maximum absolute atomic E-state index is 12.0. The number of hydrogen-bond acceptors (Lipinski definition) is 8. The molecule has 130 valence electrons. The molecule has 8 nitrogen and oxygen atoms in total. The number of anilines is 2. The standard InChI is InChI=1S/C14H20N6O2S2/c1-9-6-11(20(2)19-9)16-12(21)8-23-14-18-17-13(24-14)15-7-10-4-3-5-22-10/h6,10H,3-5,7-8H2,1-2H3,(H,15,17)(H,16,21)/t10-/m1/s1. The summed E-state index contributed by atoms with van der Waals surface area (Å²) in [5.41, 5.74) is 0.867. The first-order valence-electron chi connectivity index (χ1n) is 7.72. The summed E-state index contributed by atoms with van der Waals surface area (Å²) in [6.45, 7) is 3.48. The zero-order valence-corrected chi connectivity index (χ0v) is 15.2. The van der Waals surface area contributed by atoms with Gasteiger partial charge < -0.3 is 15.4 Å². The molecule has 0 saturated carbocycles. The third-order valence-corrected chi connectivity index (χ3v) is 5.52. The van der Waals surface area contributed by atoms with Crippen LogP contribution in [0.4, 0.5) is 10.9 Å². The first-order valence-corrected chi connectivity index (χ1v) is 9.52. The molecule has 0 aromatic carbocycles. The molecule has 2 aromatic heterocycles. The molecule has 2 aromatic rings. The highest BCUT2D eigenvalue weighted by molar-refractivity contribution is 8.01. The summed E-state index contributed by atoms with van der Waals surface area (Å²) in [6, 6.07) is 1.83. The molecule has 1 aliphatic rings. The Balaban J connectivity index is 1.42. The van der Waals surface area contributed by atoms with Crippen LogP contribution in [0.1, 0.15) is 18.5 Å². The van der Waals surface area contributed by atoms with E-state index in [9.17, 15) is 4.79 Å². The number of thioether (sulfide) groups is 1. The molecule has 0 bridgehead atoms. The maximum atomic E-state index is 12.0. The van der Waals surface area contributed by atoms with Crippen LogP contribution >= 0.6 is 23.1 Å². The highest BCUT2D eigenvalue weighted by Crippen LogP contribution is 2.26. The van der Waals surface area contributed by atoms with Crippen molar-refractivity contribution in [2.45, 2.75) is 30.2 Å². The quantitative estimate of drug-likeness (QED) is 0.721. The number of ether oxygens (including phenoxy) is 1. The minimum atomic E-state index is -0.0907. The van der Waals surface area contributed by atoms with Crippen molar-refractivity contribution in [3.8, 4) is 0 Å². The second kappa shape index (κ2) is 7.95. The van der Waals surface area contributed by atoms with E-state index in [-0.39, 0.29) is 17.8 Å². The summed E-state index contributed by atoms with van der Waals surface area (Å²) >= 11 is 2.82. The van der Waals surface area contributed by atoms with Crippen molar-refractivity contribution in [1.29, 1.82) is 0 Å². The molecule has 2 N–H and O–H groups in total. The number of amides is 1. The van der Waals surface area contributed by atoms with Crippen LogP contribution in [0.3, 0.4) is 0 Å². The fraction of sp³-hybridized carbons (Fsp3) is 0.571. The molecule has 1 saturated heterocycles. The summed E-state index contributed by atoms with van der Waals surface area (Å²) in [6.07, 6.45) is 2.47.